The van der Waals surface area contributed by atoms with Crippen molar-refractivity contribution in [1.82, 2.24) is 0 Å². The van der Waals surface area contributed by atoms with Gasteiger partial charge in [0.25, 0.3) is 0 Å². The largest absolute Gasteiger partial charge is 0.381 e. The second kappa shape index (κ2) is 5.92. The van der Waals surface area contributed by atoms with Crippen molar-refractivity contribution in [3.63, 3.8) is 0 Å². The van der Waals surface area contributed by atoms with Gasteiger partial charge in [-0.2, -0.15) is 0 Å². The summed E-state index contributed by atoms with van der Waals surface area (Å²) in [5, 5.41) is 0. The number of Topliss-reactive ketones (excluding diaryl/α,β-unsaturated/α-hetero) is 1. The molecule has 0 aromatic heterocycles. The third-order valence-corrected chi connectivity index (χ3v) is 2.45. The smallest absolute Gasteiger partial charge is 0.138 e. The first-order valence-corrected chi connectivity index (χ1v) is 5.06. The quantitative estimate of drug-likeness (QED) is 0.482. The zero-order chi connectivity index (χ0) is 9.52. The predicted octanol–water partition coefficient (Wildman–Crippen LogP) is 2.34. The molecule has 0 aliphatic carbocycles. The number of rotatable bonds is 5. The molecule has 1 aliphatic heterocycles. The molecule has 1 unspecified atom stereocenters. The van der Waals surface area contributed by atoms with Crippen molar-refractivity contribution in [3.05, 3.63) is 12.7 Å². The number of hydrogen-bond donors (Lipinski definition) is 0. The SMILES string of the molecule is C=CCCCC(=O)C1CCCOC1. The van der Waals surface area contributed by atoms with Gasteiger partial charge < -0.3 is 4.74 Å². The number of allylic oxidation sites excluding steroid dienone is 1. The molecule has 0 amide bonds. The van der Waals surface area contributed by atoms with E-state index in [-0.39, 0.29) is 5.92 Å². The molecule has 1 saturated heterocycles. The normalized spacial score (nSPS) is 22.6. The van der Waals surface area contributed by atoms with Crippen molar-refractivity contribution in [2.45, 2.75) is 32.1 Å². The van der Waals surface area contributed by atoms with E-state index in [1.807, 2.05) is 6.08 Å². The predicted molar refractivity (Wildman–Crippen MR) is 52.6 cm³/mol. The first kappa shape index (κ1) is 10.5. The van der Waals surface area contributed by atoms with Gasteiger partial charge >= 0.3 is 0 Å². The van der Waals surface area contributed by atoms with Crippen molar-refractivity contribution in [1.29, 1.82) is 0 Å². The lowest BCUT2D eigenvalue weighted by Crippen LogP contribution is -2.24. The Labute approximate surface area is 80.0 Å². The lowest BCUT2D eigenvalue weighted by molar-refractivity contribution is -0.126. The molecule has 0 radical (unpaired) electrons. The number of ketones is 1. The Hall–Kier alpha value is -0.630. The van der Waals surface area contributed by atoms with Gasteiger partial charge in [-0.25, -0.2) is 0 Å². The highest BCUT2D eigenvalue weighted by molar-refractivity contribution is 5.81. The number of carbonyl (C=O) groups is 1. The van der Waals surface area contributed by atoms with Gasteiger partial charge in [0.1, 0.15) is 5.78 Å². The molecule has 2 heteroatoms. The molecule has 0 spiro atoms. The Morgan fingerprint density at radius 2 is 2.46 bits per heavy atom. The van der Waals surface area contributed by atoms with Crippen molar-refractivity contribution >= 4 is 5.78 Å². The van der Waals surface area contributed by atoms with Crippen LogP contribution >= 0.6 is 0 Å². The van der Waals surface area contributed by atoms with Gasteiger partial charge in [-0.3, -0.25) is 4.79 Å². The van der Waals surface area contributed by atoms with Gasteiger partial charge in [-0.1, -0.05) is 6.08 Å². The average molecular weight is 182 g/mol. The molecule has 1 atom stereocenters. The maximum atomic E-state index is 11.6. The van der Waals surface area contributed by atoms with E-state index in [1.165, 1.54) is 0 Å². The molecule has 1 rings (SSSR count). The lowest BCUT2D eigenvalue weighted by Gasteiger charge is -2.20. The summed E-state index contributed by atoms with van der Waals surface area (Å²) in [6.45, 7) is 5.11. The second-order valence-electron chi connectivity index (χ2n) is 3.56. The average Bonchev–Trinajstić information content (AvgIpc) is 2.19. The van der Waals surface area contributed by atoms with E-state index in [9.17, 15) is 4.79 Å². The highest BCUT2D eigenvalue weighted by Crippen LogP contribution is 2.17. The van der Waals surface area contributed by atoms with E-state index >= 15 is 0 Å². The van der Waals surface area contributed by atoms with Crippen molar-refractivity contribution < 1.29 is 9.53 Å². The molecule has 1 aliphatic rings. The highest BCUT2D eigenvalue weighted by atomic mass is 16.5. The van der Waals surface area contributed by atoms with Crippen LogP contribution in [0.1, 0.15) is 32.1 Å². The Bertz CT molecular complexity index is 169. The Morgan fingerprint density at radius 1 is 1.62 bits per heavy atom. The second-order valence-corrected chi connectivity index (χ2v) is 3.56. The fraction of sp³-hybridized carbons (Fsp3) is 0.727. The summed E-state index contributed by atoms with van der Waals surface area (Å²) in [4.78, 5) is 11.6. The van der Waals surface area contributed by atoms with Gasteiger partial charge in [0.2, 0.25) is 0 Å². The molecule has 2 nitrogen and oxygen atoms in total. The van der Waals surface area contributed by atoms with Crippen molar-refractivity contribution in [2.24, 2.45) is 5.92 Å². The summed E-state index contributed by atoms with van der Waals surface area (Å²) in [6, 6.07) is 0. The summed E-state index contributed by atoms with van der Waals surface area (Å²) >= 11 is 0. The number of carbonyl (C=O) groups excluding carboxylic acids is 1. The number of unbranched alkanes of at least 4 members (excludes halogenated alkanes) is 1. The van der Waals surface area contributed by atoms with Crippen LogP contribution in [-0.4, -0.2) is 19.0 Å². The van der Waals surface area contributed by atoms with E-state index < -0.39 is 0 Å². The maximum absolute atomic E-state index is 11.6. The fourth-order valence-corrected chi connectivity index (χ4v) is 1.62. The van der Waals surface area contributed by atoms with Gasteiger partial charge in [0.15, 0.2) is 0 Å². The fourth-order valence-electron chi connectivity index (χ4n) is 1.62. The first-order valence-electron chi connectivity index (χ1n) is 5.06. The Morgan fingerprint density at radius 3 is 3.08 bits per heavy atom. The van der Waals surface area contributed by atoms with Crippen LogP contribution in [0.3, 0.4) is 0 Å². The molecular weight excluding hydrogens is 164 g/mol. The molecule has 0 aromatic carbocycles. The third-order valence-electron chi connectivity index (χ3n) is 2.45. The summed E-state index contributed by atoms with van der Waals surface area (Å²) in [5.41, 5.74) is 0. The van der Waals surface area contributed by atoms with E-state index in [1.54, 1.807) is 0 Å². The molecule has 0 N–H and O–H groups in total. The van der Waals surface area contributed by atoms with Crippen LogP contribution in [0.25, 0.3) is 0 Å². The summed E-state index contributed by atoms with van der Waals surface area (Å²) in [7, 11) is 0. The summed E-state index contributed by atoms with van der Waals surface area (Å²) in [6.07, 6.45) is 6.51. The number of ether oxygens (including phenoxy) is 1. The van der Waals surface area contributed by atoms with Gasteiger partial charge in [0.05, 0.1) is 6.61 Å². The van der Waals surface area contributed by atoms with Crippen molar-refractivity contribution in [2.75, 3.05) is 13.2 Å². The van der Waals surface area contributed by atoms with Crippen molar-refractivity contribution in [3.8, 4) is 0 Å². The van der Waals surface area contributed by atoms with E-state index in [0.29, 0.717) is 18.8 Å². The molecule has 13 heavy (non-hydrogen) atoms. The Kier molecular flexibility index (Phi) is 4.76. The minimum atomic E-state index is 0.179. The third kappa shape index (κ3) is 3.73. The van der Waals surface area contributed by atoms with Crippen LogP contribution in [0, 0.1) is 5.92 Å². The topological polar surface area (TPSA) is 26.3 Å². The molecule has 0 aromatic rings. The summed E-state index contributed by atoms with van der Waals surface area (Å²) in [5.74, 6) is 0.556. The van der Waals surface area contributed by atoms with Crippen LogP contribution in [0.4, 0.5) is 0 Å². The van der Waals surface area contributed by atoms with E-state index in [2.05, 4.69) is 6.58 Å². The maximum Gasteiger partial charge on any atom is 0.138 e. The first-order chi connectivity index (χ1) is 6.34. The minimum absolute atomic E-state index is 0.179. The van der Waals surface area contributed by atoms with Crippen LogP contribution in [0.2, 0.25) is 0 Å². The van der Waals surface area contributed by atoms with E-state index in [0.717, 1.165) is 32.3 Å². The Balaban J connectivity index is 2.17. The minimum Gasteiger partial charge on any atom is -0.381 e. The van der Waals surface area contributed by atoms with Gasteiger partial charge in [-0.15, -0.1) is 6.58 Å². The monoisotopic (exact) mass is 182 g/mol. The highest BCUT2D eigenvalue weighted by Gasteiger charge is 2.20. The summed E-state index contributed by atoms with van der Waals surface area (Å²) < 4.78 is 5.27. The van der Waals surface area contributed by atoms with Crippen LogP contribution in [0.5, 0.6) is 0 Å². The zero-order valence-electron chi connectivity index (χ0n) is 8.13. The van der Waals surface area contributed by atoms with Crippen LogP contribution in [0.15, 0.2) is 12.7 Å². The molecule has 0 bridgehead atoms. The van der Waals surface area contributed by atoms with E-state index in [4.69, 9.17) is 4.74 Å². The zero-order valence-corrected chi connectivity index (χ0v) is 8.13. The van der Waals surface area contributed by atoms with Gasteiger partial charge in [0, 0.05) is 18.9 Å². The van der Waals surface area contributed by atoms with Crippen LogP contribution in [-0.2, 0) is 9.53 Å². The molecule has 74 valence electrons. The molecular formula is C11H18O2. The number of hydrogen-bond acceptors (Lipinski definition) is 2. The lowest BCUT2D eigenvalue weighted by atomic mass is 9.94. The standard InChI is InChI=1S/C11H18O2/c1-2-3-4-7-11(12)10-6-5-8-13-9-10/h2,10H,1,3-9H2. The molecule has 1 fully saturated rings. The molecule has 0 saturated carbocycles. The van der Waals surface area contributed by atoms with Gasteiger partial charge in [-0.05, 0) is 25.7 Å². The van der Waals surface area contributed by atoms with Crippen LogP contribution < -0.4 is 0 Å². The molecule has 1 heterocycles.